The molecule has 0 N–H and O–H groups in total. The van der Waals surface area contributed by atoms with Gasteiger partial charge in [-0.1, -0.05) is 18.2 Å². The average molecular weight is 294 g/mol. The van der Waals surface area contributed by atoms with Gasteiger partial charge < -0.3 is 0 Å². The van der Waals surface area contributed by atoms with Crippen molar-refractivity contribution >= 4 is 21.2 Å². The van der Waals surface area contributed by atoms with Crippen molar-refractivity contribution in [3.05, 3.63) is 24.3 Å². The molecular formula is C8H10F4O3S2. The minimum atomic E-state index is -5.44. The molecule has 1 rings (SSSR count). The second-order valence-corrected chi connectivity index (χ2v) is 6.87. The molecule has 9 heteroatoms. The summed E-state index contributed by atoms with van der Waals surface area (Å²) in [5.74, 6) is -4.52. The lowest BCUT2D eigenvalue weighted by molar-refractivity contribution is 0.0581. The van der Waals surface area contributed by atoms with Crippen LogP contribution in [-0.2, 0) is 13.7 Å². The second kappa shape index (κ2) is 4.62. The van der Waals surface area contributed by atoms with Crippen molar-refractivity contribution in [2.24, 2.45) is 0 Å². The maximum Gasteiger partial charge on any atom is 0.287 e. The van der Waals surface area contributed by atoms with Crippen LogP contribution in [0.1, 0.15) is 6.92 Å². The summed E-state index contributed by atoms with van der Waals surface area (Å²) in [7, 11) is -4.48. The summed E-state index contributed by atoms with van der Waals surface area (Å²) in [4.78, 5) is 0. The molecule has 1 atom stereocenters. The molecule has 0 radical (unpaired) electrons. The van der Waals surface area contributed by atoms with Gasteiger partial charge in [-0.2, -0.15) is 12.0 Å². The highest BCUT2D eigenvalue weighted by atomic mass is 32.4. The molecule has 17 heavy (non-hydrogen) atoms. The van der Waals surface area contributed by atoms with Crippen LogP contribution in [0.4, 0.5) is 16.6 Å². The molecule has 0 saturated carbocycles. The van der Waals surface area contributed by atoms with Gasteiger partial charge in [0.05, 0.1) is 5.75 Å². The molecule has 0 aromatic heterocycles. The Morgan fingerprint density at radius 1 is 1.29 bits per heavy atom. The van der Waals surface area contributed by atoms with Gasteiger partial charge >= 0.3 is 0 Å². The predicted molar refractivity (Wildman–Crippen MR) is 57.4 cm³/mol. The molecule has 0 fully saturated rings. The van der Waals surface area contributed by atoms with Crippen molar-refractivity contribution in [2.75, 3.05) is 5.75 Å². The van der Waals surface area contributed by atoms with Gasteiger partial charge in [0.2, 0.25) is 0 Å². The largest absolute Gasteiger partial charge is 0.287 e. The van der Waals surface area contributed by atoms with Crippen LogP contribution in [-0.4, -0.2) is 25.3 Å². The van der Waals surface area contributed by atoms with Crippen LogP contribution in [0.5, 0.6) is 0 Å². The van der Waals surface area contributed by atoms with Crippen molar-refractivity contribution in [1.29, 1.82) is 0 Å². The Morgan fingerprint density at radius 2 is 1.88 bits per heavy atom. The molecule has 0 heterocycles. The summed E-state index contributed by atoms with van der Waals surface area (Å²) in [5, 5.41) is -2.55. The first-order valence-electron chi connectivity index (χ1n) is 4.50. The lowest BCUT2D eigenvalue weighted by atomic mass is 10.1. The van der Waals surface area contributed by atoms with E-state index in [-0.39, 0.29) is 0 Å². The summed E-state index contributed by atoms with van der Waals surface area (Å²) in [6.45, 7) is 1.08. The van der Waals surface area contributed by atoms with Crippen LogP contribution in [0.3, 0.4) is 0 Å². The highest BCUT2D eigenvalue weighted by Crippen LogP contribution is 2.63. The smallest absolute Gasteiger partial charge is 0.200 e. The molecule has 1 aliphatic rings. The van der Waals surface area contributed by atoms with E-state index in [2.05, 4.69) is 3.63 Å². The van der Waals surface area contributed by atoms with Crippen LogP contribution in [0.15, 0.2) is 24.3 Å². The summed E-state index contributed by atoms with van der Waals surface area (Å²) in [6, 6.07) is 0. The molecule has 0 saturated heterocycles. The molecule has 0 aromatic rings. The molecule has 0 spiro atoms. The van der Waals surface area contributed by atoms with E-state index in [0.717, 1.165) is 19.1 Å². The van der Waals surface area contributed by atoms with Crippen molar-refractivity contribution in [2.45, 2.75) is 18.1 Å². The average Bonchev–Trinajstić information content (AvgIpc) is 2.15. The molecule has 0 bridgehead atoms. The fourth-order valence-electron chi connectivity index (χ4n) is 1.08. The maximum absolute atomic E-state index is 13.4. The normalized spacial score (nSPS) is 24.9. The zero-order valence-electron chi connectivity index (χ0n) is 8.65. The number of halogens is 4. The third-order valence-corrected chi connectivity index (χ3v) is 5.26. The molecule has 0 aromatic carbocycles. The number of rotatable bonds is 4. The van der Waals surface area contributed by atoms with E-state index >= 15 is 0 Å². The third-order valence-electron chi connectivity index (χ3n) is 1.94. The summed E-state index contributed by atoms with van der Waals surface area (Å²) in [5.41, 5.74) is 0. The lowest BCUT2D eigenvalue weighted by Gasteiger charge is -2.32. The summed E-state index contributed by atoms with van der Waals surface area (Å²) >= 11 is -5.44. The van der Waals surface area contributed by atoms with E-state index in [1.807, 2.05) is 0 Å². The minimum Gasteiger partial charge on any atom is -0.200 e. The van der Waals surface area contributed by atoms with Crippen molar-refractivity contribution in [1.82, 2.24) is 0 Å². The van der Waals surface area contributed by atoms with Gasteiger partial charge in [0.25, 0.3) is 16.0 Å². The van der Waals surface area contributed by atoms with Crippen molar-refractivity contribution in [3.63, 3.8) is 0 Å². The van der Waals surface area contributed by atoms with Crippen LogP contribution >= 0.6 is 11.1 Å². The van der Waals surface area contributed by atoms with Crippen LogP contribution in [0.2, 0.25) is 0 Å². The first kappa shape index (κ1) is 14.5. The first-order valence-corrected chi connectivity index (χ1v) is 7.49. The SMILES string of the molecule is CCS(=O)(=O)OS(F)(F)C1C=CC=CC1(F)F. The Hall–Kier alpha value is -0.540. The minimum absolute atomic E-state index is 0.292. The maximum atomic E-state index is 13.4. The van der Waals surface area contributed by atoms with Gasteiger partial charge in [0.1, 0.15) is 0 Å². The van der Waals surface area contributed by atoms with Gasteiger partial charge in [-0.05, 0) is 13.0 Å². The highest BCUT2D eigenvalue weighted by Gasteiger charge is 2.52. The number of allylic oxidation sites excluding steroid dienone is 3. The van der Waals surface area contributed by atoms with Crippen molar-refractivity contribution in [3.8, 4) is 0 Å². The standard InChI is InChI=1S/C8H10F4O3S2/c1-2-16(13,14)15-17(11,12)7-5-3-4-6-8(7,9)10/h3-7H,2H2,1H3. The highest BCUT2D eigenvalue weighted by molar-refractivity contribution is 8.25. The third kappa shape index (κ3) is 3.46. The molecule has 1 unspecified atom stereocenters. The zero-order chi connectivity index (χ0) is 13.3. The van der Waals surface area contributed by atoms with E-state index in [1.165, 1.54) is 0 Å². The fraction of sp³-hybridized carbons (Fsp3) is 0.500. The molecule has 100 valence electrons. The van der Waals surface area contributed by atoms with Crippen LogP contribution in [0, 0.1) is 0 Å². The second-order valence-electron chi connectivity index (χ2n) is 3.21. The van der Waals surface area contributed by atoms with Gasteiger partial charge in [0, 0.05) is 0 Å². The van der Waals surface area contributed by atoms with Gasteiger partial charge in [-0.15, -0.1) is 7.77 Å². The van der Waals surface area contributed by atoms with Crippen LogP contribution in [0.25, 0.3) is 0 Å². The Labute approximate surface area is 98.4 Å². The number of alkyl halides is 2. The van der Waals surface area contributed by atoms with Gasteiger partial charge in [0.15, 0.2) is 16.3 Å². The van der Waals surface area contributed by atoms with E-state index in [4.69, 9.17) is 0 Å². The summed E-state index contributed by atoms with van der Waals surface area (Å²) < 4.78 is 78.6. The monoisotopic (exact) mass is 294 g/mol. The van der Waals surface area contributed by atoms with Gasteiger partial charge in [-0.25, -0.2) is 8.78 Å². The van der Waals surface area contributed by atoms with E-state index in [9.17, 15) is 25.0 Å². The first-order chi connectivity index (χ1) is 7.61. The Bertz CT molecular complexity index is 442. The molecule has 1 aliphatic carbocycles. The molecule has 0 amide bonds. The summed E-state index contributed by atoms with van der Waals surface area (Å²) in [6.07, 6.45) is 2.77. The van der Waals surface area contributed by atoms with Gasteiger partial charge in [-0.3, -0.25) is 0 Å². The molecular weight excluding hydrogens is 284 g/mol. The molecule has 3 nitrogen and oxygen atoms in total. The zero-order valence-corrected chi connectivity index (χ0v) is 10.3. The topological polar surface area (TPSA) is 43.4 Å². The fourth-order valence-corrected chi connectivity index (χ4v) is 3.62. The lowest BCUT2D eigenvalue weighted by Crippen LogP contribution is -2.34. The Kier molecular flexibility index (Phi) is 3.94. The number of hydrogen-bond acceptors (Lipinski definition) is 3. The van der Waals surface area contributed by atoms with E-state index in [1.54, 1.807) is 0 Å². The number of hydrogen-bond donors (Lipinski definition) is 0. The van der Waals surface area contributed by atoms with Crippen molar-refractivity contribution < 1.29 is 28.6 Å². The Morgan fingerprint density at radius 3 is 2.35 bits per heavy atom. The quantitative estimate of drug-likeness (QED) is 0.749. The predicted octanol–water partition coefficient (Wildman–Crippen LogP) is 2.97. The van der Waals surface area contributed by atoms with E-state index < -0.39 is 38.1 Å². The molecule has 0 aliphatic heterocycles. The van der Waals surface area contributed by atoms with Crippen LogP contribution < -0.4 is 0 Å². The Balaban J connectivity index is 2.98. The van der Waals surface area contributed by atoms with E-state index in [0.29, 0.717) is 12.2 Å².